The second-order valence-electron chi connectivity index (χ2n) is 4.79. The van der Waals surface area contributed by atoms with Crippen LogP contribution in [0, 0.1) is 12.8 Å². The molecule has 1 aliphatic carbocycles. The zero-order valence-corrected chi connectivity index (χ0v) is 10.5. The van der Waals surface area contributed by atoms with Crippen LogP contribution in [-0.2, 0) is 0 Å². The van der Waals surface area contributed by atoms with Gasteiger partial charge in [0.15, 0.2) is 0 Å². The number of aromatic nitrogens is 2. The Labute approximate surface area is 103 Å². The molecule has 1 aromatic rings. The van der Waals surface area contributed by atoms with E-state index in [1.165, 1.54) is 37.7 Å². The number of rotatable bonds is 3. The average Bonchev–Trinajstić information content (AvgIpc) is 2.37. The minimum absolute atomic E-state index is 0.647. The third-order valence-corrected chi connectivity index (χ3v) is 3.50. The summed E-state index contributed by atoms with van der Waals surface area (Å²) in [7, 11) is 0. The first-order chi connectivity index (χ1) is 8.29. The summed E-state index contributed by atoms with van der Waals surface area (Å²) in [6, 6.07) is 1.95. The van der Waals surface area contributed by atoms with Crippen LogP contribution in [0.2, 0.25) is 0 Å². The van der Waals surface area contributed by atoms with Gasteiger partial charge in [-0.1, -0.05) is 24.8 Å². The van der Waals surface area contributed by atoms with Gasteiger partial charge in [-0.3, -0.25) is 0 Å². The van der Waals surface area contributed by atoms with Crippen LogP contribution in [0.25, 0.3) is 6.08 Å². The number of aryl methyl sites for hydroxylation is 1. The molecule has 0 saturated heterocycles. The lowest BCUT2D eigenvalue weighted by Crippen LogP contribution is -2.16. The molecule has 0 amide bonds. The summed E-state index contributed by atoms with van der Waals surface area (Å²) in [6.45, 7) is 2.56. The summed E-state index contributed by atoms with van der Waals surface area (Å²) in [6.07, 6.45) is 10.6. The first kappa shape index (κ1) is 12.2. The van der Waals surface area contributed by atoms with Crippen LogP contribution < -0.4 is 5.73 Å². The Balaban J connectivity index is 2.16. The molecule has 0 radical (unpaired) electrons. The Morgan fingerprint density at radius 1 is 1.41 bits per heavy atom. The minimum atomic E-state index is 0.647. The lowest BCUT2D eigenvalue weighted by molar-refractivity contribution is 0.401. The predicted octanol–water partition coefficient (Wildman–Crippen LogP) is 2.71. The van der Waals surface area contributed by atoms with Crippen LogP contribution in [0.3, 0.4) is 0 Å². The SMILES string of the molecule is Cc1nccc(/C=C(/CN)C2CCCCC2)n1. The largest absolute Gasteiger partial charge is 0.327 e. The van der Waals surface area contributed by atoms with Gasteiger partial charge in [-0.25, -0.2) is 9.97 Å². The molecule has 0 atom stereocenters. The van der Waals surface area contributed by atoms with E-state index in [4.69, 9.17) is 5.73 Å². The molecule has 1 aromatic heterocycles. The lowest BCUT2D eigenvalue weighted by Gasteiger charge is -2.23. The monoisotopic (exact) mass is 231 g/mol. The van der Waals surface area contributed by atoms with Gasteiger partial charge in [0.05, 0.1) is 5.69 Å². The molecule has 1 fully saturated rings. The Hall–Kier alpha value is -1.22. The maximum Gasteiger partial charge on any atom is 0.125 e. The molecule has 0 aliphatic heterocycles. The fourth-order valence-corrected chi connectivity index (χ4v) is 2.56. The highest BCUT2D eigenvalue weighted by Crippen LogP contribution is 2.30. The van der Waals surface area contributed by atoms with Crippen molar-refractivity contribution in [1.82, 2.24) is 9.97 Å². The molecular weight excluding hydrogens is 210 g/mol. The highest BCUT2D eigenvalue weighted by atomic mass is 14.9. The third kappa shape index (κ3) is 3.37. The van der Waals surface area contributed by atoms with Crippen molar-refractivity contribution in [2.24, 2.45) is 11.7 Å². The number of nitrogens with zero attached hydrogens (tertiary/aromatic N) is 2. The Morgan fingerprint density at radius 3 is 2.82 bits per heavy atom. The molecular formula is C14H21N3. The summed E-state index contributed by atoms with van der Waals surface area (Å²) in [4.78, 5) is 8.53. The van der Waals surface area contributed by atoms with Crippen LogP contribution in [0.1, 0.15) is 43.6 Å². The van der Waals surface area contributed by atoms with Crippen LogP contribution >= 0.6 is 0 Å². The molecule has 3 nitrogen and oxygen atoms in total. The van der Waals surface area contributed by atoms with E-state index in [-0.39, 0.29) is 0 Å². The second-order valence-corrected chi connectivity index (χ2v) is 4.79. The van der Waals surface area contributed by atoms with Crippen molar-refractivity contribution in [2.45, 2.75) is 39.0 Å². The summed E-state index contributed by atoms with van der Waals surface area (Å²) in [5, 5.41) is 0. The van der Waals surface area contributed by atoms with Crippen molar-refractivity contribution in [3.63, 3.8) is 0 Å². The maximum atomic E-state index is 5.88. The van der Waals surface area contributed by atoms with E-state index >= 15 is 0 Å². The molecule has 1 saturated carbocycles. The van der Waals surface area contributed by atoms with Gasteiger partial charge < -0.3 is 5.73 Å². The first-order valence-corrected chi connectivity index (χ1v) is 6.50. The molecule has 0 aromatic carbocycles. The number of hydrogen-bond donors (Lipinski definition) is 1. The van der Waals surface area contributed by atoms with Crippen molar-refractivity contribution >= 4 is 6.08 Å². The molecule has 0 spiro atoms. The highest BCUT2D eigenvalue weighted by Gasteiger charge is 2.16. The van der Waals surface area contributed by atoms with Gasteiger partial charge in [0, 0.05) is 12.7 Å². The van der Waals surface area contributed by atoms with Crippen LogP contribution in [0.4, 0.5) is 0 Å². The molecule has 92 valence electrons. The summed E-state index contributed by atoms with van der Waals surface area (Å²) in [5.74, 6) is 1.49. The van der Waals surface area contributed by atoms with Crippen LogP contribution in [0.15, 0.2) is 17.8 Å². The van der Waals surface area contributed by atoms with Crippen LogP contribution in [0.5, 0.6) is 0 Å². The van der Waals surface area contributed by atoms with Gasteiger partial charge >= 0.3 is 0 Å². The van der Waals surface area contributed by atoms with Gasteiger partial charge in [0.1, 0.15) is 5.82 Å². The smallest absolute Gasteiger partial charge is 0.125 e. The molecule has 2 rings (SSSR count). The standard InChI is InChI=1S/C14H21N3/c1-11-16-8-7-14(17-11)9-13(10-15)12-5-3-2-4-6-12/h7-9,12H,2-6,10,15H2,1H3/b13-9-. The molecule has 17 heavy (non-hydrogen) atoms. The highest BCUT2D eigenvalue weighted by molar-refractivity contribution is 5.49. The van der Waals surface area contributed by atoms with Gasteiger partial charge in [0.25, 0.3) is 0 Å². The Bertz CT molecular complexity index is 392. The van der Waals surface area contributed by atoms with Crippen molar-refractivity contribution in [1.29, 1.82) is 0 Å². The quantitative estimate of drug-likeness (QED) is 0.870. The van der Waals surface area contributed by atoms with E-state index in [2.05, 4.69) is 16.0 Å². The number of hydrogen-bond acceptors (Lipinski definition) is 3. The van der Waals surface area contributed by atoms with Gasteiger partial charge in [-0.2, -0.15) is 0 Å². The van der Waals surface area contributed by atoms with E-state index in [0.717, 1.165) is 11.5 Å². The molecule has 2 N–H and O–H groups in total. The van der Waals surface area contributed by atoms with E-state index < -0.39 is 0 Å². The fraction of sp³-hybridized carbons (Fsp3) is 0.571. The van der Waals surface area contributed by atoms with Gasteiger partial charge in [-0.15, -0.1) is 0 Å². The zero-order valence-electron chi connectivity index (χ0n) is 10.5. The van der Waals surface area contributed by atoms with E-state index in [1.807, 2.05) is 19.2 Å². The maximum absolute atomic E-state index is 5.88. The summed E-state index contributed by atoms with van der Waals surface area (Å²) >= 11 is 0. The van der Waals surface area contributed by atoms with E-state index in [1.54, 1.807) is 0 Å². The molecule has 1 aliphatic rings. The van der Waals surface area contributed by atoms with Crippen LogP contribution in [-0.4, -0.2) is 16.5 Å². The summed E-state index contributed by atoms with van der Waals surface area (Å²) < 4.78 is 0. The minimum Gasteiger partial charge on any atom is -0.327 e. The third-order valence-electron chi connectivity index (χ3n) is 3.50. The molecule has 1 heterocycles. The topological polar surface area (TPSA) is 51.8 Å². The van der Waals surface area contributed by atoms with Crippen molar-refractivity contribution in [2.75, 3.05) is 6.54 Å². The van der Waals surface area contributed by atoms with E-state index in [9.17, 15) is 0 Å². The fourth-order valence-electron chi connectivity index (χ4n) is 2.56. The van der Waals surface area contributed by atoms with Gasteiger partial charge in [-0.05, 0) is 37.8 Å². The average molecular weight is 231 g/mol. The van der Waals surface area contributed by atoms with Gasteiger partial charge in [0.2, 0.25) is 0 Å². The zero-order chi connectivity index (χ0) is 12.1. The second kappa shape index (κ2) is 5.92. The molecule has 0 bridgehead atoms. The predicted molar refractivity (Wildman–Crippen MR) is 70.4 cm³/mol. The molecule has 3 heteroatoms. The summed E-state index contributed by atoms with van der Waals surface area (Å²) in [5.41, 5.74) is 8.22. The van der Waals surface area contributed by atoms with Crippen molar-refractivity contribution < 1.29 is 0 Å². The Morgan fingerprint density at radius 2 is 2.18 bits per heavy atom. The van der Waals surface area contributed by atoms with Crippen molar-refractivity contribution in [3.05, 3.63) is 29.4 Å². The number of nitrogens with two attached hydrogens (primary N) is 1. The Kier molecular flexibility index (Phi) is 4.26. The van der Waals surface area contributed by atoms with E-state index in [0.29, 0.717) is 12.5 Å². The normalized spacial score (nSPS) is 18.4. The first-order valence-electron chi connectivity index (χ1n) is 6.50. The lowest BCUT2D eigenvalue weighted by atomic mass is 9.83. The molecule has 0 unspecified atom stereocenters. The van der Waals surface area contributed by atoms with Crippen molar-refractivity contribution in [3.8, 4) is 0 Å².